The number of hydrogen-bond acceptors (Lipinski definition) is 5. The summed E-state index contributed by atoms with van der Waals surface area (Å²) >= 11 is 0. The Kier molecular flexibility index (Phi) is 4.33. The highest BCUT2D eigenvalue weighted by Gasteiger charge is 2.20. The van der Waals surface area contributed by atoms with Gasteiger partial charge in [-0.05, 0) is 30.3 Å². The van der Waals surface area contributed by atoms with E-state index in [1.54, 1.807) is 24.3 Å². The first-order valence-corrected chi connectivity index (χ1v) is 7.58. The summed E-state index contributed by atoms with van der Waals surface area (Å²) in [5.74, 6) is -0.419. The average molecular weight is 323 g/mol. The van der Waals surface area contributed by atoms with Crippen LogP contribution in [0.5, 0.6) is 5.75 Å². The van der Waals surface area contributed by atoms with Crippen LogP contribution in [0, 0.1) is 0 Å². The van der Waals surface area contributed by atoms with E-state index in [1.807, 2.05) is 31.2 Å². The molecule has 1 heterocycles. The van der Waals surface area contributed by atoms with Crippen LogP contribution in [0.25, 0.3) is 11.0 Å². The predicted octanol–water partition coefficient (Wildman–Crippen LogP) is 2.35. The van der Waals surface area contributed by atoms with E-state index in [0.717, 1.165) is 5.39 Å². The number of para-hydroxylation sites is 1. The number of ether oxygens (including phenoxy) is 1. The SMILES string of the molecule is CCc1oc2ccccc2c1C(=O)c1ccc(OCC(=O)[O-])cc1. The molecule has 0 spiro atoms. The van der Waals surface area contributed by atoms with E-state index in [9.17, 15) is 14.7 Å². The molecule has 0 saturated carbocycles. The van der Waals surface area contributed by atoms with E-state index in [1.165, 1.54) is 0 Å². The maximum absolute atomic E-state index is 12.9. The first-order valence-electron chi connectivity index (χ1n) is 7.58. The number of carbonyl (C=O) groups excluding carboxylic acids is 2. The molecule has 5 heteroatoms. The Morgan fingerprint density at radius 3 is 2.46 bits per heavy atom. The number of carboxylic acids is 1. The van der Waals surface area contributed by atoms with Gasteiger partial charge in [-0.3, -0.25) is 4.79 Å². The molecule has 5 nitrogen and oxygen atoms in total. The van der Waals surface area contributed by atoms with Crippen LogP contribution in [0.3, 0.4) is 0 Å². The van der Waals surface area contributed by atoms with Crippen molar-refractivity contribution in [3.05, 3.63) is 65.4 Å². The van der Waals surface area contributed by atoms with E-state index in [0.29, 0.717) is 34.6 Å². The highest BCUT2D eigenvalue weighted by Crippen LogP contribution is 2.29. The molecule has 0 aliphatic rings. The third-order valence-corrected chi connectivity index (χ3v) is 3.69. The zero-order valence-corrected chi connectivity index (χ0v) is 13.1. The Morgan fingerprint density at radius 2 is 1.79 bits per heavy atom. The molecule has 0 N–H and O–H groups in total. The summed E-state index contributed by atoms with van der Waals surface area (Å²) in [7, 11) is 0. The Bertz CT molecular complexity index is 890. The number of benzene rings is 2. The molecule has 0 fully saturated rings. The molecule has 0 saturated heterocycles. The van der Waals surface area contributed by atoms with Crippen molar-refractivity contribution in [2.24, 2.45) is 0 Å². The van der Waals surface area contributed by atoms with Crippen molar-refractivity contribution in [1.82, 2.24) is 0 Å². The van der Waals surface area contributed by atoms with Gasteiger partial charge >= 0.3 is 0 Å². The summed E-state index contributed by atoms with van der Waals surface area (Å²) in [5, 5.41) is 11.2. The van der Waals surface area contributed by atoms with Gasteiger partial charge < -0.3 is 19.1 Å². The van der Waals surface area contributed by atoms with Crippen molar-refractivity contribution < 1.29 is 23.8 Å². The molecule has 0 radical (unpaired) electrons. The number of fused-ring (bicyclic) bond motifs is 1. The number of carboxylic acid groups (broad SMARTS) is 1. The minimum atomic E-state index is -1.30. The van der Waals surface area contributed by atoms with E-state index in [2.05, 4.69) is 0 Å². The minimum absolute atomic E-state index is 0.136. The van der Waals surface area contributed by atoms with Gasteiger partial charge in [-0.15, -0.1) is 0 Å². The lowest BCUT2D eigenvalue weighted by Gasteiger charge is -2.07. The normalized spacial score (nSPS) is 10.7. The first kappa shape index (κ1) is 15.8. The molecule has 2 aromatic carbocycles. The smallest absolute Gasteiger partial charge is 0.197 e. The second kappa shape index (κ2) is 6.58. The van der Waals surface area contributed by atoms with E-state index in [4.69, 9.17) is 9.15 Å². The summed E-state index contributed by atoms with van der Waals surface area (Å²) < 4.78 is 10.8. The van der Waals surface area contributed by atoms with Gasteiger partial charge in [-0.1, -0.05) is 25.1 Å². The lowest BCUT2D eigenvalue weighted by Crippen LogP contribution is -2.28. The van der Waals surface area contributed by atoms with Crippen molar-refractivity contribution in [3.63, 3.8) is 0 Å². The molecule has 0 amide bonds. The van der Waals surface area contributed by atoms with Gasteiger partial charge in [-0.25, -0.2) is 0 Å². The highest BCUT2D eigenvalue weighted by molar-refractivity contribution is 6.16. The Balaban J connectivity index is 1.93. The Morgan fingerprint density at radius 1 is 1.08 bits per heavy atom. The fourth-order valence-electron chi connectivity index (χ4n) is 2.58. The number of aryl methyl sites for hydroxylation is 1. The summed E-state index contributed by atoms with van der Waals surface area (Å²) in [6.07, 6.45) is 0.614. The molecule has 0 aliphatic heterocycles. The average Bonchev–Trinajstić information content (AvgIpc) is 2.98. The minimum Gasteiger partial charge on any atom is -0.546 e. The van der Waals surface area contributed by atoms with Crippen molar-refractivity contribution in [2.75, 3.05) is 6.61 Å². The largest absolute Gasteiger partial charge is 0.546 e. The van der Waals surface area contributed by atoms with Gasteiger partial charge in [0.1, 0.15) is 23.7 Å². The maximum atomic E-state index is 12.9. The van der Waals surface area contributed by atoms with E-state index < -0.39 is 12.6 Å². The maximum Gasteiger partial charge on any atom is 0.197 e. The lowest BCUT2D eigenvalue weighted by atomic mass is 9.99. The Labute approximate surface area is 138 Å². The fourth-order valence-corrected chi connectivity index (χ4v) is 2.58. The van der Waals surface area contributed by atoms with Crippen LogP contribution in [0.15, 0.2) is 52.9 Å². The van der Waals surface area contributed by atoms with Gasteiger partial charge in [0.25, 0.3) is 0 Å². The number of carbonyl (C=O) groups is 2. The molecule has 0 bridgehead atoms. The molecule has 0 aliphatic carbocycles. The molecule has 122 valence electrons. The molecule has 0 unspecified atom stereocenters. The van der Waals surface area contributed by atoms with Gasteiger partial charge in [0.2, 0.25) is 0 Å². The van der Waals surface area contributed by atoms with Crippen molar-refractivity contribution in [1.29, 1.82) is 0 Å². The molecule has 3 rings (SSSR count). The van der Waals surface area contributed by atoms with Crippen LogP contribution in [0.1, 0.15) is 28.6 Å². The van der Waals surface area contributed by atoms with Crippen molar-refractivity contribution in [2.45, 2.75) is 13.3 Å². The molecular weight excluding hydrogens is 308 g/mol. The van der Waals surface area contributed by atoms with Gasteiger partial charge in [0.15, 0.2) is 5.78 Å². The second-order valence-electron chi connectivity index (χ2n) is 5.26. The number of ketones is 1. The summed E-state index contributed by atoms with van der Waals surface area (Å²) in [5.41, 5.74) is 1.74. The third kappa shape index (κ3) is 3.01. The lowest BCUT2D eigenvalue weighted by molar-refractivity contribution is -0.307. The zero-order chi connectivity index (χ0) is 17.1. The van der Waals surface area contributed by atoms with E-state index >= 15 is 0 Å². The molecule has 3 aromatic rings. The topological polar surface area (TPSA) is 79.6 Å². The standard InChI is InChI=1S/C19H16O5/c1-2-15-18(14-5-3-4-6-16(14)24-15)19(22)12-7-9-13(10-8-12)23-11-17(20)21/h3-10H,2,11H2,1H3,(H,20,21)/p-1. The number of rotatable bonds is 6. The van der Waals surface area contributed by atoms with Crippen LogP contribution in [0.2, 0.25) is 0 Å². The van der Waals surface area contributed by atoms with Gasteiger partial charge in [0.05, 0.1) is 11.5 Å². The number of aliphatic carboxylic acids is 1. The second-order valence-corrected chi connectivity index (χ2v) is 5.26. The van der Waals surface area contributed by atoms with Crippen molar-refractivity contribution >= 4 is 22.7 Å². The number of hydrogen-bond donors (Lipinski definition) is 0. The van der Waals surface area contributed by atoms with Gasteiger partial charge in [0, 0.05) is 17.4 Å². The van der Waals surface area contributed by atoms with Crippen LogP contribution >= 0.6 is 0 Å². The van der Waals surface area contributed by atoms with Crippen LogP contribution in [0.4, 0.5) is 0 Å². The summed E-state index contributed by atoms with van der Waals surface area (Å²) in [6.45, 7) is 1.41. The van der Waals surface area contributed by atoms with Crippen LogP contribution in [-0.4, -0.2) is 18.4 Å². The van der Waals surface area contributed by atoms with Gasteiger partial charge in [-0.2, -0.15) is 0 Å². The zero-order valence-electron chi connectivity index (χ0n) is 13.1. The number of furan rings is 1. The quantitative estimate of drug-likeness (QED) is 0.651. The van der Waals surface area contributed by atoms with E-state index in [-0.39, 0.29) is 5.78 Å². The fraction of sp³-hybridized carbons (Fsp3) is 0.158. The highest BCUT2D eigenvalue weighted by atomic mass is 16.5. The third-order valence-electron chi connectivity index (χ3n) is 3.69. The van der Waals surface area contributed by atoms with Crippen molar-refractivity contribution in [3.8, 4) is 5.75 Å². The molecular formula is C19H15O5-. The molecule has 1 aromatic heterocycles. The predicted molar refractivity (Wildman–Crippen MR) is 86.0 cm³/mol. The molecule has 24 heavy (non-hydrogen) atoms. The Hall–Kier alpha value is -3.08. The monoisotopic (exact) mass is 323 g/mol. The van der Waals surface area contributed by atoms with Crippen LogP contribution < -0.4 is 9.84 Å². The molecule has 0 atom stereocenters. The van der Waals surface area contributed by atoms with Crippen LogP contribution in [-0.2, 0) is 11.2 Å². The summed E-state index contributed by atoms with van der Waals surface area (Å²) in [6, 6.07) is 13.8. The summed E-state index contributed by atoms with van der Waals surface area (Å²) in [4.78, 5) is 23.3. The first-order chi connectivity index (χ1) is 11.6.